The van der Waals surface area contributed by atoms with Crippen LogP contribution in [0.15, 0.2) is 36.4 Å². The highest BCUT2D eigenvalue weighted by Crippen LogP contribution is 2.37. The first-order valence-electron chi connectivity index (χ1n) is 9.37. The van der Waals surface area contributed by atoms with E-state index in [4.69, 9.17) is 9.47 Å². The van der Waals surface area contributed by atoms with Gasteiger partial charge in [0.05, 0.1) is 11.1 Å². The van der Waals surface area contributed by atoms with E-state index in [1.54, 1.807) is 12.1 Å². The van der Waals surface area contributed by atoms with Crippen molar-refractivity contribution in [3.63, 3.8) is 0 Å². The van der Waals surface area contributed by atoms with Crippen molar-refractivity contribution in [3.05, 3.63) is 47.5 Å². The first-order chi connectivity index (χ1) is 13.9. The lowest BCUT2D eigenvalue weighted by atomic mass is 10.1. The summed E-state index contributed by atoms with van der Waals surface area (Å²) in [6.07, 6.45) is 3.99. The summed E-state index contributed by atoms with van der Waals surface area (Å²) in [5.41, 5.74) is 3.18. The topological polar surface area (TPSA) is 82.7 Å². The second-order valence-corrected chi connectivity index (χ2v) is 7.27. The zero-order valence-corrected chi connectivity index (χ0v) is 16.1. The predicted octanol–water partition coefficient (Wildman–Crippen LogP) is 1.58. The highest BCUT2D eigenvalue weighted by atomic mass is 16.7. The summed E-state index contributed by atoms with van der Waals surface area (Å²) in [5, 5.41) is 5.58. The minimum absolute atomic E-state index is 0.119. The minimum atomic E-state index is -1.08. The summed E-state index contributed by atoms with van der Waals surface area (Å²) in [5.74, 6) is 1.11. The second-order valence-electron chi connectivity index (χ2n) is 7.27. The normalized spacial score (nSPS) is 17.2. The fourth-order valence-electron chi connectivity index (χ4n) is 3.88. The minimum Gasteiger partial charge on any atom is -0.341 e. The molecule has 0 bridgehead atoms. The maximum atomic E-state index is 11.3. The van der Waals surface area contributed by atoms with E-state index in [1.807, 2.05) is 45.8 Å². The van der Waals surface area contributed by atoms with Crippen LogP contribution in [-0.4, -0.2) is 52.5 Å². The molecule has 3 aliphatic rings. The molecule has 8 nitrogen and oxygen atoms in total. The number of carbonyl (C=O) groups is 2. The molecule has 2 aromatic carbocycles. The highest BCUT2D eigenvalue weighted by molar-refractivity contribution is 5.92. The van der Waals surface area contributed by atoms with Crippen LogP contribution in [0.3, 0.4) is 0 Å². The Morgan fingerprint density at radius 1 is 0.828 bits per heavy atom. The Morgan fingerprint density at radius 3 is 1.69 bits per heavy atom. The molecule has 0 aliphatic carbocycles. The Kier molecular flexibility index (Phi) is 3.70. The number of hydrogen-bond donors (Lipinski definition) is 2. The molecule has 0 aromatic heterocycles. The van der Waals surface area contributed by atoms with Crippen LogP contribution in [0.5, 0.6) is 11.5 Å². The van der Waals surface area contributed by atoms with Crippen molar-refractivity contribution in [2.45, 2.75) is 19.9 Å². The third kappa shape index (κ3) is 2.84. The molecular formula is C21H20N4O4+2. The monoisotopic (exact) mass is 392 g/mol. The number of nitrogens with zero attached hydrogens (tertiary/aromatic N) is 2. The lowest BCUT2D eigenvalue weighted by Crippen LogP contribution is -2.59. The Morgan fingerprint density at radius 2 is 1.28 bits per heavy atom. The van der Waals surface area contributed by atoms with Crippen LogP contribution in [0.4, 0.5) is 11.4 Å². The molecule has 0 unspecified atom stereocenters. The molecule has 3 heterocycles. The van der Waals surface area contributed by atoms with Crippen LogP contribution in [0.1, 0.15) is 25.0 Å². The van der Waals surface area contributed by atoms with Gasteiger partial charge in [0.15, 0.2) is 23.9 Å². The lowest BCUT2D eigenvalue weighted by Gasteiger charge is -2.27. The molecule has 0 atom stereocenters. The molecule has 1 spiro atoms. The van der Waals surface area contributed by atoms with E-state index < -0.39 is 6.03 Å². The van der Waals surface area contributed by atoms with Gasteiger partial charge in [0.25, 0.3) is 0 Å². The predicted molar refractivity (Wildman–Crippen MR) is 106 cm³/mol. The van der Waals surface area contributed by atoms with Crippen LogP contribution < -0.4 is 20.1 Å². The van der Waals surface area contributed by atoms with Gasteiger partial charge in [-0.05, 0) is 36.4 Å². The quantitative estimate of drug-likeness (QED) is 0.761. The van der Waals surface area contributed by atoms with E-state index in [0.717, 1.165) is 22.5 Å². The largest absolute Gasteiger partial charge is 0.704 e. The van der Waals surface area contributed by atoms with Crippen LogP contribution in [-0.2, 0) is 9.59 Å². The Bertz CT molecular complexity index is 1050. The van der Waals surface area contributed by atoms with Crippen LogP contribution in [0.25, 0.3) is 0 Å². The van der Waals surface area contributed by atoms with Gasteiger partial charge in [-0.2, -0.15) is 0 Å². The van der Waals surface area contributed by atoms with E-state index >= 15 is 0 Å². The highest BCUT2D eigenvalue weighted by Gasteiger charge is 2.68. The van der Waals surface area contributed by atoms with Gasteiger partial charge in [0.1, 0.15) is 0 Å². The van der Waals surface area contributed by atoms with Gasteiger partial charge in [-0.1, -0.05) is 9.15 Å². The number of hydrogen-bond acceptors (Lipinski definition) is 4. The standard InChI is InChI=1S/C21H18N4O4/c1-13(26)22-17-3-5-19-15(9-17)11-24-7-8-25-12-16-10-18(23-14(2)27)4-6-20(16)29-21(24,25)28-19/h3-6,9-12H,7-8H2,1-2H3/p+2. The van der Waals surface area contributed by atoms with Gasteiger partial charge in [-0.3, -0.25) is 9.59 Å². The number of ether oxygens (including phenoxy) is 2. The molecule has 0 radical (unpaired) electrons. The van der Waals surface area contributed by atoms with Crippen LogP contribution in [0, 0.1) is 0 Å². The zero-order valence-electron chi connectivity index (χ0n) is 16.1. The fraction of sp³-hybridized carbons (Fsp3) is 0.238. The fourth-order valence-corrected chi connectivity index (χ4v) is 3.88. The van der Waals surface area contributed by atoms with Crippen molar-refractivity contribution in [1.82, 2.24) is 0 Å². The molecule has 2 N–H and O–H groups in total. The van der Waals surface area contributed by atoms with Crippen molar-refractivity contribution in [2.75, 3.05) is 23.7 Å². The SMILES string of the molecule is CC(=O)Nc1ccc2c(c1)C=[N+]1CC[N+]3=Cc4cc(NC(C)=O)ccc4OC13O2. The van der Waals surface area contributed by atoms with Crippen molar-refractivity contribution in [1.29, 1.82) is 0 Å². The Balaban J connectivity index is 1.52. The van der Waals surface area contributed by atoms with Gasteiger partial charge >= 0.3 is 6.03 Å². The van der Waals surface area contributed by atoms with Crippen molar-refractivity contribution >= 4 is 35.6 Å². The van der Waals surface area contributed by atoms with E-state index in [1.165, 1.54) is 13.8 Å². The molecule has 29 heavy (non-hydrogen) atoms. The van der Waals surface area contributed by atoms with E-state index in [0.29, 0.717) is 24.6 Å². The number of benzene rings is 2. The van der Waals surface area contributed by atoms with Gasteiger partial charge in [-0.25, -0.2) is 0 Å². The number of carbonyl (C=O) groups excluding carboxylic acids is 2. The number of fused-ring (bicyclic) bond motifs is 2. The number of amides is 2. The summed E-state index contributed by atoms with van der Waals surface area (Å²) in [6, 6.07) is 9.96. The Hall–Kier alpha value is -3.68. The number of anilines is 2. The number of nitrogens with one attached hydrogen (secondary N) is 2. The van der Waals surface area contributed by atoms with Gasteiger partial charge < -0.3 is 20.1 Å². The lowest BCUT2D eigenvalue weighted by molar-refractivity contribution is -0.855. The summed E-state index contributed by atoms with van der Waals surface area (Å²) < 4.78 is 16.7. The first-order valence-corrected chi connectivity index (χ1v) is 9.37. The molecule has 2 amide bonds. The van der Waals surface area contributed by atoms with Crippen LogP contribution >= 0.6 is 0 Å². The summed E-state index contributed by atoms with van der Waals surface area (Å²) in [4.78, 5) is 22.7. The van der Waals surface area contributed by atoms with Gasteiger partial charge in [0.2, 0.25) is 24.9 Å². The molecule has 146 valence electrons. The van der Waals surface area contributed by atoms with E-state index in [9.17, 15) is 9.59 Å². The summed E-state index contributed by atoms with van der Waals surface area (Å²) >= 11 is 0. The molecule has 2 aromatic rings. The maximum absolute atomic E-state index is 11.3. The Labute approximate surface area is 167 Å². The third-order valence-electron chi connectivity index (χ3n) is 5.04. The molecule has 1 fully saturated rings. The summed E-state index contributed by atoms with van der Waals surface area (Å²) in [6.45, 7) is 4.39. The second kappa shape index (κ2) is 6.16. The molecule has 8 heteroatoms. The average molecular weight is 392 g/mol. The van der Waals surface area contributed by atoms with Crippen molar-refractivity contribution < 1.29 is 28.2 Å². The van der Waals surface area contributed by atoms with Crippen molar-refractivity contribution in [3.8, 4) is 11.5 Å². The molecular weight excluding hydrogens is 372 g/mol. The maximum Gasteiger partial charge on any atom is 0.704 e. The van der Waals surface area contributed by atoms with Gasteiger partial charge in [0, 0.05) is 25.2 Å². The molecule has 5 rings (SSSR count). The third-order valence-corrected chi connectivity index (χ3v) is 5.04. The van der Waals surface area contributed by atoms with Crippen LogP contribution in [0.2, 0.25) is 0 Å². The van der Waals surface area contributed by atoms with E-state index in [2.05, 4.69) is 10.6 Å². The molecule has 3 aliphatic heterocycles. The number of rotatable bonds is 2. The summed E-state index contributed by atoms with van der Waals surface area (Å²) in [7, 11) is 0. The van der Waals surface area contributed by atoms with Gasteiger partial charge in [-0.15, -0.1) is 0 Å². The van der Waals surface area contributed by atoms with Crippen molar-refractivity contribution in [2.24, 2.45) is 0 Å². The smallest absolute Gasteiger partial charge is 0.341 e. The van der Waals surface area contributed by atoms with E-state index in [-0.39, 0.29) is 11.8 Å². The molecule has 1 saturated heterocycles. The molecule has 0 saturated carbocycles. The average Bonchev–Trinajstić information content (AvgIpc) is 3.00. The first kappa shape index (κ1) is 17.4. The zero-order chi connectivity index (χ0) is 20.2.